The fourth-order valence-electron chi connectivity index (χ4n) is 2.60. The lowest BCUT2D eigenvalue weighted by molar-refractivity contribution is -0.135. The van der Waals surface area contributed by atoms with Gasteiger partial charge in [0.1, 0.15) is 5.41 Å². The first-order valence-electron chi connectivity index (χ1n) is 7.65. The number of hydrogen-bond donors (Lipinski definition) is 1. The largest absolute Gasteiger partial charge is 0.350 e. The predicted octanol–water partition coefficient (Wildman–Crippen LogP) is 2.14. The van der Waals surface area contributed by atoms with Gasteiger partial charge in [-0.1, -0.05) is 24.3 Å². The van der Waals surface area contributed by atoms with E-state index in [2.05, 4.69) is 10.3 Å². The van der Waals surface area contributed by atoms with Crippen LogP contribution in [0.3, 0.4) is 0 Å². The van der Waals surface area contributed by atoms with Crippen molar-refractivity contribution in [3.8, 4) is 0 Å². The standard InChI is InChI=1S/C18H19N3O2/c1-21(15-8-3-2-4-9-15)17(23)18(10-11-18)16(22)20-13-14-7-5-6-12-19-14/h2-9,12H,10-11,13H2,1H3,(H,20,22). The highest BCUT2D eigenvalue weighted by atomic mass is 16.2. The van der Waals surface area contributed by atoms with Gasteiger partial charge in [0.25, 0.3) is 0 Å². The van der Waals surface area contributed by atoms with Crippen molar-refractivity contribution in [2.45, 2.75) is 19.4 Å². The fraction of sp³-hybridized carbons (Fsp3) is 0.278. The van der Waals surface area contributed by atoms with Crippen molar-refractivity contribution in [2.24, 2.45) is 5.41 Å². The van der Waals surface area contributed by atoms with Gasteiger partial charge in [-0.3, -0.25) is 14.6 Å². The summed E-state index contributed by atoms with van der Waals surface area (Å²) >= 11 is 0. The average molecular weight is 309 g/mol. The van der Waals surface area contributed by atoms with Crippen LogP contribution in [0.15, 0.2) is 54.7 Å². The number of nitrogens with one attached hydrogen (secondary N) is 1. The van der Waals surface area contributed by atoms with Crippen LogP contribution in [-0.2, 0) is 16.1 Å². The molecule has 1 fully saturated rings. The van der Waals surface area contributed by atoms with Crippen LogP contribution >= 0.6 is 0 Å². The second-order valence-corrected chi connectivity index (χ2v) is 5.79. The van der Waals surface area contributed by atoms with Gasteiger partial charge in [-0.15, -0.1) is 0 Å². The molecule has 0 spiro atoms. The maximum atomic E-state index is 12.7. The highest BCUT2D eigenvalue weighted by molar-refractivity contribution is 6.13. The van der Waals surface area contributed by atoms with E-state index >= 15 is 0 Å². The lowest BCUT2D eigenvalue weighted by Gasteiger charge is -2.23. The smallest absolute Gasteiger partial charge is 0.242 e. The molecule has 1 saturated carbocycles. The minimum atomic E-state index is -0.917. The fourth-order valence-corrected chi connectivity index (χ4v) is 2.60. The van der Waals surface area contributed by atoms with Crippen molar-refractivity contribution in [1.82, 2.24) is 10.3 Å². The van der Waals surface area contributed by atoms with Crippen molar-refractivity contribution in [3.63, 3.8) is 0 Å². The van der Waals surface area contributed by atoms with Gasteiger partial charge in [-0.2, -0.15) is 0 Å². The van der Waals surface area contributed by atoms with E-state index in [-0.39, 0.29) is 11.8 Å². The highest BCUT2D eigenvalue weighted by Gasteiger charge is 2.57. The molecule has 1 heterocycles. The molecular formula is C18H19N3O2. The second-order valence-electron chi connectivity index (χ2n) is 5.79. The number of hydrogen-bond acceptors (Lipinski definition) is 3. The van der Waals surface area contributed by atoms with Gasteiger partial charge in [0.05, 0.1) is 12.2 Å². The number of anilines is 1. The third kappa shape index (κ3) is 3.08. The maximum absolute atomic E-state index is 12.7. The Bertz CT molecular complexity index is 697. The quantitative estimate of drug-likeness (QED) is 0.861. The minimum absolute atomic E-state index is 0.151. The number of benzene rings is 1. The summed E-state index contributed by atoms with van der Waals surface area (Å²) in [5.74, 6) is -0.363. The summed E-state index contributed by atoms with van der Waals surface area (Å²) in [7, 11) is 1.71. The zero-order chi connectivity index (χ0) is 16.3. The molecular weight excluding hydrogens is 290 g/mol. The second kappa shape index (κ2) is 6.20. The van der Waals surface area contributed by atoms with E-state index in [0.717, 1.165) is 11.4 Å². The molecule has 23 heavy (non-hydrogen) atoms. The molecule has 3 rings (SSSR count). The lowest BCUT2D eigenvalue weighted by Crippen LogP contribution is -2.43. The van der Waals surface area contributed by atoms with E-state index in [4.69, 9.17) is 0 Å². The van der Waals surface area contributed by atoms with E-state index in [1.54, 1.807) is 18.1 Å². The average Bonchev–Trinajstić information content (AvgIpc) is 3.42. The molecule has 5 heteroatoms. The van der Waals surface area contributed by atoms with E-state index < -0.39 is 5.41 Å². The van der Waals surface area contributed by atoms with Gasteiger partial charge < -0.3 is 10.2 Å². The first kappa shape index (κ1) is 15.2. The summed E-state index contributed by atoms with van der Waals surface area (Å²) in [5.41, 5.74) is 0.654. The Labute approximate surface area is 135 Å². The van der Waals surface area contributed by atoms with Crippen molar-refractivity contribution in [3.05, 3.63) is 60.4 Å². The molecule has 1 aromatic carbocycles. The number of para-hydroxylation sites is 1. The molecule has 1 aliphatic carbocycles. The van der Waals surface area contributed by atoms with Gasteiger partial charge >= 0.3 is 0 Å². The van der Waals surface area contributed by atoms with Crippen LogP contribution in [0, 0.1) is 5.41 Å². The van der Waals surface area contributed by atoms with Crippen molar-refractivity contribution >= 4 is 17.5 Å². The van der Waals surface area contributed by atoms with Crippen molar-refractivity contribution in [2.75, 3.05) is 11.9 Å². The molecule has 5 nitrogen and oxygen atoms in total. The van der Waals surface area contributed by atoms with E-state index in [0.29, 0.717) is 19.4 Å². The Hall–Kier alpha value is -2.69. The molecule has 0 radical (unpaired) electrons. The summed E-state index contributed by atoms with van der Waals surface area (Å²) in [5, 5.41) is 2.84. The number of aromatic nitrogens is 1. The summed E-state index contributed by atoms with van der Waals surface area (Å²) in [6.45, 7) is 0.337. The molecule has 1 aliphatic rings. The first-order valence-corrected chi connectivity index (χ1v) is 7.65. The molecule has 0 aliphatic heterocycles. The first-order chi connectivity index (χ1) is 11.1. The van der Waals surface area contributed by atoms with E-state index in [1.165, 1.54) is 0 Å². The minimum Gasteiger partial charge on any atom is -0.350 e. The van der Waals surface area contributed by atoms with E-state index in [1.807, 2.05) is 48.5 Å². The Morgan fingerprint density at radius 3 is 2.43 bits per heavy atom. The lowest BCUT2D eigenvalue weighted by atomic mass is 10.0. The highest BCUT2D eigenvalue weighted by Crippen LogP contribution is 2.47. The monoisotopic (exact) mass is 309 g/mol. The molecule has 1 aromatic heterocycles. The van der Waals surface area contributed by atoms with Crippen molar-refractivity contribution < 1.29 is 9.59 Å². The maximum Gasteiger partial charge on any atom is 0.242 e. The van der Waals surface area contributed by atoms with Crippen LogP contribution in [0.25, 0.3) is 0 Å². The SMILES string of the molecule is CN(C(=O)C1(C(=O)NCc2ccccn2)CC1)c1ccccc1. The van der Waals surface area contributed by atoms with Gasteiger partial charge in [0.2, 0.25) is 11.8 Å². The number of rotatable bonds is 5. The van der Waals surface area contributed by atoms with Crippen LogP contribution in [0.2, 0.25) is 0 Å². The molecule has 2 amide bonds. The number of pyridine rings is 1. The topological polar surface area (TPSA) is 62.3 Å². The number of amides is 2. The van der Waals surface area contributed by atoms with Gasteiger partial charge in [-0.05, 0) is 37.1 Å². The van der Waals surface area contributed by atoms with Crippen LogP contribution in [0.1, 0.15) is 18.5 Å². The van der Waals surface area contributed by atoms with Gasteiger partial charge in [0.15, 0.2) is 0 Å². The van der Waals surface area contributed by atoms with Crippen LogP contribution in [0.4, 0.5) is 5.69 Å². The van der Waals surface area contributed by atoms with Crippen LogP contribution in [0.5, 0.6) is 0 Å². The molecule has 0 atom stereocenters. The summed E-state index contributed by atoms with van der Waals surface area (Å²) in [6, 6.07) is 14.9. The molecule has 1 N–H and O–H groups in total. The van der Waals surface area contributed by atoms with Gasteiger partial charge in [-0.25, -0.2) is 0 Å². The zero-order valence-electron chi connectivity index (χ0n) is 13.0. The van der Waals surface area contributed by atoms with Crippen LogP contribution in [-0.4, -0.2) is 23.8 Å². The summed E-state index contributed by atoms with van der Waals surface area (Å²) in [4.78, 5) is 31.0. The number of carbonyl (C=O) groups is 2. The summed E-state index contributed by atoms with van der Waals surface area (Å²) < 4.78 is 0. The third-order valence-corrected chi connectivity index (χ3v) is 4.20. The third-order valence-electron chi connectivity index (χ3n) is 4.20. The molecule has 0 saturated heterocycles. The summed E-state index contributed by atoms with van der Waals surface area (Å²) in [6.07, 6.45) is 2.87. The number of carbonyl (C=O) groups excluding carboxylic acids is 2. The molecule has 0 bridgehead atoms. The normalized spacial score (nSPS) is 14.8. The van der Waals surface area contributed by atoms with Gasteiger partial charge in [0, 0.05) is 18.9 Å². The molecule has 0 unspecified atom stereocenters. The Morgan fingerprint density at radius 2 is 1.83 bits per heavy atom. The molecule has 2 aromatic rings. The Balaban J connectivity index is 1.66. The number of nitrogens with zero attached hydrogens (tertiary/aromatic N) is 2. The van der Waals surface area contributed by atoms with E-state index in [9.17, 15) is 9.59 Å². The van der Waals surface area contributed by atoms with Crippen LogP contribution < -0.4 is 10.2 Å². The Morgan fingerprint density at radius 1 is 1.13 bits per heavy atom. The zero-order valence-corrected chi connectivity index (χ0v) is 13.0. The predicted molar refractivity (Wildman–Crippen MR) is 87.6 cm³/mol. The van der Waals surface area contributed by atoms with Crippen molar-refractivity contribution in [1.29, 1.82) is 0 Å². The molecule has 118 valence electrons. The Kier molecular flexibility index (Phi) is 4.10.